The van der Waals surface area contributed by atoms with E-state index in [9.17, 15) is 0 Å². The molecule has 1 rings (SSSR count). The van der Waals surface area contributed by atoms with Gasteiger partial charge in [0.15, 0.2) is 0 Å². The van der Waals surface area contributed by atoms with Crippen LogP contribution in [0.5, 0.6) is 0 Å². The van der Waals surface area contributed by atoms with Gasteiger partial charge in [0, 0.05) is 6.04 Å². The summed E-state index contributed by atoms with van der Waals surface area (Å²) in [5.74, 6) is 4.54. The molecule has 1 saturated carbocycles. The van der Waals surface area contributed by atoms with Gasteiger partial charge in [-0.25, -0.2) is 0 Å². The molecule has 74 valence electrons. The fraction of sp³-hybridized carbons (Fsp3) is 0.833. The lowest BCUT2D eigenvalue weighted by Gasteiger charge is -2.39. The maximum absolute atomic E-state index is 5.39. The average Bonchev–Trinajstić information content (AvgIpc) is 2.02. The zero-order valence-corrected chi connectivity index (χ0v) is 9.01. The SMILES string of the molecule is C#CC(CC)NC1CC(C(C)C)C1. The minimum absolute atomic E-state index is 0.290. The van der Waals surface area contributed by atoms with Crippen LogP contribution in [0.3, 0.4) is 0 Å². The van der Waals surface area contributed by atoms with Gasteiger partial charge in [-0.05, 0) is 31.1 Å². The number of terminal acetylenes is 1. The Kier molecular flexibility index (Phi) is 3.81. The van der Waals surface area contributed by atoms with Gasteiger partial charge in [-0.15, -0.1) is 6.42 Å². The summed E-state index contributed by atoms with van der Waals surface area (Å²) in [6.45, 7) is 6.74. The van der Waals surface area contributed by atoms with Gasteiger partial charge in [-0.3, -0.25) is 0 Å². The van der Waals surface area contributed by atoms with E-state index in [0.29, 0.717) is 6.04 Å². The Labute approximate surface area is 82.3 Å². The van der Waals surface area contributed by atoms with Crippen molar-refractivity contribution in [2.75, 3.05) is 0 Å². The number of rotatable bonds is 4. The van der Waals surface area contributed by atoms with Crippen LogP contribution in [0.4, 0.5) is 0 Å². The van der Waals surface area contributed by atoms with Crippen LogP contribution in [0.1, 0.15) is 40.0 Å². The van der Waals surface area contributed by atoms with Crippen LogP contribution in [-0.4, -0.2) is 12.1 Å². The van der Waals surface area contributed by atoms with Crippen LogP contribution in [0.2, 0.25) is 0 Å². The molecule has 0 heterocycles. The summed E-state index contributed by atoms with van der Waals surface area (Å²) in [6, 6.07) is 0.978. The Hall–Kier alpha value is -0.480. The minimum atomic E-state index is 0.290. The van der Waals surface area contributed by atoms with Gasteiger partial charge >= 0.3 is 0 Å². The van der Waals surface area contributed by atoms with Crippen molar-refractivity contribution in [1.29, 1.82) is 0 Å². The van der Waals surface area contributed by atoms with E-state index in [0.717, 1.165) is 18.3 Å². The van der Waals surface area contributed by atoms with Crippen molar-refractivity contribution in [2.45, 2.75) is 52.1 Å². The van der Waals surface area contributed by atoms with Gasteiger partial charge in [-0.1, -0.05) is 26.7 Å². The van der Waals surface area contributed by atoms with Crippen LogP contribution < -0.4 is 5.32 Å². The van der Waals surface area contributed by atoms with Gasteiger partial charge in [0.25, 0.3) is 0 Å². The molecule has 1 N–H and O–H groups in total. The first-order valence-corrected chi connectivity index (χ1v) is 5.39. The highest BCUT2D eigenvalue weighted by molar-refractivity contribution is 5.01. The third-order valence-corrected chi connectivity index (χ3v) is 3.16. The molecule has 0 saturated heterocycles. The second kappa shape index (κ2) is 4.67. The van der Waals surface area contributed by atoms with Crippen LogP contribution >= 0.6 is 0 Å². The maximum atomic E-state index is 5.39. The highest BCUT2D eigenvalue weighted by atomic mass is 15.0. The summed E-state index contributed by atoms with van der Waals surface area (Å²) in [5, 5.41) is 3.50. The molecule has 1 nitrogen and oxygen atoms in total. The highest BCUT2D eigenvalue weighted by Gasteiger charge is 2.31. The van der Waals surface area contributed by atoms with E-state index in [4.69, 9.17) is 6.42 Å². The summed E-state index contributed by atoms with van der Waals surface area (Å²) < 4.78 is 0. The molecule has 1 heteroatoms. The quantitative estimate of drug-likeness (QED) is 0.654. The molecule has 1 fully saturated rings. The molecule has 1 atom stereocenters. The van der Waals surface area contributed by atoms with Gasteiger partial charge in [0.2, 0.25) is 0 Å². The number of nitrogens with one attached hydrogen (secondary N) is 1. The number of hydrogen-bond acceptors (Lipinski definition) is 1. The van der Waals surface area contributed by atoms with Crippen LogP contribution in [0.25, 0.3) is 0 Å². The molecule has 13 heavy (non-hydrogen) atoms. The van der Waals surface area contributed by atoms with E-state index in [1.165, 1.54) is 12.8 Å². The van der Waals surface area contributed by atoms with Gasteiger partial charge < -0.3 is 5.32 Å². The molecular formula is C12H21N. The summed E-state index contributed by atoms with van der Waals surface area (Å²) in [4.78, 5) is 0. The first-order valence-electron chi connectivity index (χ1n) is 5.39. The normalized spacial score (nSPS) is 29.5. The lowest BCUT2D eigenvalue weighted by Crippen LogP contribution is -2.47. The molecule has 0 bridgehead atoms. The maximum Gasteiger partial charge on any atom is 0.0686 e. The van der Waals surface area contributed by atoms with Crippen LogP contribution in [0.15, 0.2) is 0 Å². The molecule has 0 spiro atoms. The van der Waals surface area contributed by atoms with Crippen molar-refractivity contribution >= 4 is 0 Å². The van der Waals surface area contributed by atoms with Crippen LogP contribution in [0, 0.1) is 24.2 Å². The Morgan fingerprint density at radius 1 is 1.46 bits per heavy atom. The first kappa shape index (κ1) is 10.6. The molecule has 1 aliphatic rings. The fourth-order valence-electron chi connectivity index (χ4n) is 1.91. The van der Waals surface area contributed by atoms with E-state index in [-0.39, 0.29) is 6.04 Å². The third kappa shape index (κ3) is 2.74. The summed E-state index contributed by atoms with van der Waals surface area (Å²) in [7, 11) is 0. The van der Waals surface area contributed by atoms with Gasteiger partial charge in [-0.2, -0.15) is 0 Å². The lowest BCUT2D eigenvalue weighted by molar-refractivity contribution is 0.163. The van der Waals surface area contributed by atoms with Crippen molar-refractivity contribution in [3.8, 4) is 12.3 Å². The molecule has 1 aliphatic carbocycles. The molecule has 0 amide bonds. The zero-order chi connectivity index (χ0) is 9.84. The topological polar surface area (TPSA) is 12.0 Å². The standard InChI is InChI=1S/C12H21N/c1-5-11(6-2)13-12-7-10(8-12)9(3)4/h1,9-13H,6-8H2,2-4H3. The van der Waals surface area contributed by atoms with E-state index in [1.807, 2.05) is 0 Å². The fourth-order valence-corrected chi connectivity index (χ4v) is 1.91. The number of hydrogen-bond donors (Lipinski definition) is 1. The van der Waals surface area contributed by atoms with Crippen molar-refractivity contribution in [3.05, 3.63) is 0 Å². The predicted octanol–water partition coefficient (Wildman–Crippen LogP) is 2.42. The Balaban J connectivity index is 2.18. The molecule has 0 radical (unpaired) electrons. The monoisotopic (exact) mass is 179 g/mol. The largest absolute Gasteiger partial charge is 0.301 e. The van der Waals surface area contributed by atoms with Crippen molar-refractivity contribution < 1.29 is 0 Å². The molecule has 0 aliphatic heterocycles. The summed E-state index contributed by atoms with van der Waals surface area (Å²) in [6.07, 6.45) is 9.06. The van der Waals surface area contributed by atoms with Crippen LogP contribution in [-0.2, 0) is 0 Å². The first-order chi connectivity index (χ1) is 6.17. The molecular weight excluding hydrogens is 158 g/mol. The van der Waals surface area contributed by atoms with Crippen molar-refractivity contribution in [2.24, 2.45) is 11.8 Å². The molecule has 1 unspecified atom stereocenters. The summed E-state index contributed by atoms with van der Waals surface area (Å²) in [5.41, 5.74) is 0. The molecule has 0 aromatic carbocycles. The Morgan fingerprint density at radius 3 is 2.46 bits per heavy atom. The highest BCUT2D eigenvalue weighted by Crippen LogP contribution is 2.33. The predicted molar refractivity (Wildman–Crippen MR) is 57.4 cm³/mol. The van der Waals surface area contributed by atoms with E-state index in [2.05, 4.69) is 32.0 Å². The zero-order valence-electron chi connectivity index (χ0n) is 9.01. The van der Waals surface area contributed by atoms with Gasteiger partial charge in [0.05, 0.1) is 6.04 Å². The van der Waals surface area contributed by atoms with Gasteiger partial charge in [0.1, 0.15) is 0 Å². The van der Waals surface area contributed by atoms with Crippen molar-refractivity contribution in [1.82, 2.24) is 5.32 Å². The third-order valence-electron chi connectivity index (χ3n) is 3.16. The minimum Gasteiger partial charge on any atom is -0.301 e. The smallest absolute Gasteiger partial charge is 0.0686 e. The van der Waals surface area contributed by atoms with Crippen molar-refractivity contribution in [3.63, 3.8) is 0 Å². The van der Waals surface area contributed by atoms with E-state index >= 15 is 0 Å². The Morgan fingerprint density at radius 2 is 2.08 bits per heavy atom. The molecule has 0 aromatic rings. The van der Waals surface area contributed by atoms with E-state index < -0.39 is 0 Å². The molecule has 0 aromatic heterocycles. The van der Waals surface area contributed by atoms with E-state index in [1.54, 1.807) is 0 Å². The second-order valence-corrected chi connectivity index (χ2v) is 4.47. The average molecular weight is 179 g/mol. The lowest BCUT2D eigenvalue weighted by atomic mass is 9.73. The second-order valence-electron chi connectivity index (χ2n) is 4.47. The Bertz CT molecular complexity index is 184. The summed E-state index contributed by atoms with van der Waals surface area (Å²) >= 11 is 0.